The van der Waals surface area contributed by atoms with E-state index >= 15 is 0 Å². The van der Waals surface area contributed by atoms with Gasteiger partial charge in [-0.3, -0.25) is 4.79 Å². The number of H-pyrrole nitrogens is 1. The van der Waals surface area contributed by atoms with Crippen molar-refractivity contribution in [3.8, 4) is 6.07 Å². The second-order valence-electron chi connectivity index (χ2n) is 4.15. The van der Waals surface area contributed by atoms with Crippen molar-refractivity contribution in [3.05, 3.63) is 52.3 Å². The van der Waals surface area contributed by atoms with Crippen LogP contribution in [-0.4, -0.2) is 14.6 Å². The highest BCUT2D eigenvalue weighted by molar-refractivity contribution is 5.73. The first-order chi connectivity index (χ1) is 9.69. The molecule has 0 amide bonds. The number of benzene rings is 1. The highest BCUT2D eigenvalue weighted by Gasteiger charge is 2.15. The summed E-state index contributed by atoms with van der Waals surface area (Å²) < 4.78 is 1.32. The Morgan fingerprint density at radius 2 is 2.10 bits per heavy atom. The summed E-state index contributed by atoms with van der Waals surface area (Å²) in [5.41, 5.74) is 6.65. The van der Waals surface area contributed by atoms with Gasteiger partial charge in [-0.25, -0.2) is 0 Å². The van der Waals surface area contributed by atoms with Crippen LogP contribution in [0.25, 0.3) is 5.65 Å². The second-order valence-corrected chi connectivity index (χ2v) is 4.15. The minimum Gasteiger partial charge on any atom is -0.383 e. The van der Waals surface area contributed by atoms with Gasteiger partial charge in [-0.2, -0.15) is 9.78 Å². The van der Waals surface area contributed by atoms with Crippen molar-refractivity contribution in [1.82, 2.24) is 14.6 Å². The summed E-state index contributed by atoms with van der Waals surface area (Å²) >= 11 is 0. The quantitative estimate of drug-likeness (QED) is 0.645. The number of para-hydroxylation sites is 1. The number of hydrogen-bond acceptors (Lipinski definition) is 5. The zero-order valence-electron chi connectivity index (χ0n) is 10.3. The van der Waals surface area contributed by atoms with E-state index in [9.17, 15) is 10.1 Å². The summed E-state index contributed by atoms with van der Waals surface area (Å²) in [5.74, 6) is 0.508. The van der Waals surface area contributed by atoms with Gasteiger partial charge in [0.1, 0.15) is 17.5 Å². The smallest absolute Gasteiger partial charge is 0.253 e. The molecule has 0 atom stereocenters. The summed E-state index contributed by atoms with van der Waals surface area (Å²) in [4.78, 5) is 14.0. The Balaban J connectivity index is 2.19. The molecule has 0 saturated carbocycles. The third kappa shape index (κ3) is 1.85. The van der Waals surface area contributed by atoms with Crippen LogP contribution in [0.2, 0.25) is 0 Å². The number of nitrogens with two attached hydrogens (primary N) is 1. The molecule has 0 unspecified atom stereocenters. The molecule has 2 aromatic heterocycles. The molecule has 0 fully saturated rings. The van der Waals surface area contributed by atoms with Crippen LogP contribution in [0.4, 0.5) is 17.3 Å². The molecular formula is C13H10N6O. The third-order valence-electron chi connectivity index (χ3n) is 2.80. The summed E-state index contributed by atoms with van der Waals surface area (Å²) in [5, 5.41) is 16.5. The number of rotatable bonds is 2. The summed E-state index contributed by atoms with van der Waals surface area (Å²) in [6.45, 7) is 0. The van der Waals surface area contributed by atoms with Gasteiger partial charge in [-0.15, -0.1) is 5.10 Å². The molecule has 98 valence electrons. The monoisotopic (exact) mass is 266 g/mol. The minimum atomic E-state index is -0.377. The van der Waals surface area contributed by atoms with Crippen molar-refractivity contribution in [2.45, 2.75) is 0 Å². The normalized spacial score (nSPS) is 10.3. The molecule has 0 radical (unpaired) electrons. The maximum atomic E-state index is 11.4. The van der Waals surface area contributed by atoms with E-state index in [0.717, 1.165) is 5.69 Å². The van der Waals surface area contributed by atoms with Crippen LogP contribution in [0.3, 0.4) is 0 Å². The van der Waals surface area contributed by atoms with Gasteiger partial charge in [0.05, 0.1) is 0 Å². The SMILES string of the molecule is N#Cc1c(Nc2ccccc2)nn2c(N)cc(=O)[nH]c12. The molecule has 3 aromatic rings. The van der Waals surface area contributed by atoms with E-state index in [1.54, 1.807) is 0 Å². The van der Waals surface area contributed by atoms with Crippen molar-refractivity contribution in [2.24, 2.45) is 0 Å². The van der Waals surface area contributed by atoms with Crippen LogP contribution in [-0.2, 0) is 0 Å². The lowest BCUT2D eigenvalue weighted by Crippen LogP contribution is -2.11. The first-order valence-electron chi connectivity index (χ1n) is 5.83. The predicted octanol–water partition coefficient (Wildman–Crippen LogP) is 1.22. The number of hydrogen-bond donors (Lipinski definition) is 3. The molecule has 3 rings (SSSR count). The van der Waals surface area contributed by atoms with Gasteiger partial charge in [-0.1, -0.05) is 18.2 Å². The molecule has 0 aliphatic rings. The molecular weight excluding hydrogens is 256 g/mol. The van der Waals surface area contributed by atoms with Crippen LogP contribution in [0, 0.1) is 11.3 Å². The van der Waals surface area contributed by atoms with Gasteiger partial charge in [-0.05, 0) is 12.1 Å². The molecule has 0 bridgehead atoms. The van der Waals surface area contributed by atoms with Gasteiger partial charge >= 0.3 is 0 Å². The molecule has 7 nitrogen and oxygen atoms in total. The number of aromatic amines is 1. The van der Waals surface area contributed by atoms with E-state index in [-0.39, 0.29) is 22.6 Å². The maximum absolute atomic E-state index is 11.4. The van der Waals surface area contributed by atoms with Crippen LogP contribution in [0.1, 0.15) is 5.56 Å². The lowest BCUT2D eigenvalue weighted by molar-refractivity contribution is 0.947. The zero-order valence-corrected chi connectivity index (χ0v) is 10.3. The molecule has 4 N–H and O–H groups in total. The molecule has 0 spiro atoms. The van der Waals surface area contributed by atoms with Crippen LogP contribution >= 0.6 is 0 Å². The van der Waals surface area contributed by atoms with E-state index in [2.05, 4.69) is 15.4 Å². The number of nitrogens with zero attached hydrogens (tertiary/aromatic N) is 3. The largest absolute Gasteiger partial charge is 0.383 e. The van der Waals surface area contributed by atoms with Crippen molar-refractivity contribution in [3.63, 3.8) is 0 Å². The fourth-order valence-electron chi connectivity index (χ4n) is 1.92. The topological polar surface area (TPSA) is 112 Å². The number of aromatic nitrogens is 3. The van der Waals surface area contributed by atoms with Gasteiger partial charge in [0.15, 0.2) is 11.5 Å². The zero-order chi connectivity index (χ0) is 14.1. The van der Waals surface area contributed by atoms with Crippen LogP contribution < -0.4 is 16.6 Å². The van der Waals surface area contributed by atoms with E-state index in [1.165, 1.54) is 10.6 Å². The van der Waals surface area contributed by atoms with Crippen molar-refractivity contribution >= 4 is 23.0 Å². The first kappa shape index (κ1) is 11.8. The van der Waals surface area contributed by atoms with E-state index < -0.39 is 0 Å². The molecule has 0 aliphatic heterocycles. The first-order valence-corrected chi connectivity index (χ1v) is 5.83. The van der Waals surface area contributed by atoms with Crippen LogP contribution in [0.15, 0.2) is 41.2 Å². The van der Waals surface area contributed by atoms with Gasteiger partial charge in [0.25, 0.3) is 5.56 Å². The number of nitrogens with one attached hydrogen (secondary N) is 2. The second kappa shape index (κ2) is 4.44. The fourth-order valence-corrected chi connectivity index (χ4v) is 1.92. The molecule has 20 heavy (non-hydrogen) atoms. The molecule has 0 aliphatic carbocycles. The average Bonchev–Trinajstić information content (AvgIpc) is 2.77. The number of fused-ring (bicyclic) bond motifs is 1. The number of nitriles is 1. The molecule has 7 heteroatoms. The number of anilines is 3. The highest BCUT2D eigenvalue weighted by atomic mass is 16.1. The van der Waals surface area contributed by atoms with E-state index in [4.69, 9.17) is 5.73 Å². The van der Waals surface area contributed by atoms with Crippen LogP contribution in [0.5, 0.6) is 0 Å². The summed E-state index contributed by atoms with van der Waals surface area (Å²) in [7, 11) is 0. The van der Waals surface area contributed by atoms with Gasteiger partial charge in [0.2, 0.25) is 0 Å². The minimum absolute atomic E-state index is 0.168. The lowest BCUT2D eigenvalue weighted by Gasteiger charge is -2.01. The number of nitrogen functional groups attached to an aromatic ring is 1. The van der Waals surface area contributed by atoms with Gasteiger partial charge in [0, 0.05) is 11.8 Å². The maximum Gasteiger partial charge on any atom is 0.253 e. The van der Waals surface area contributed by atoms with Gasteiger partial charge < -0.3 is 16.0 Å². The lowest BCUT2D eigenvalue weighted by atomic mass is 10.3. The van der Waals surface area contributed by atoms with E-state index in [1.807, 2.05) is 36.4 Å². The summed E-state index contributed by atoms with van der Waals surface area (Å²) in [6.07, 6.45) is 0. The Kier molecular flexibility index (Phi) is 2.62. The molecule has 1 aromatic carbocycles. The highest BCUT2D eigenvalue weighted by Crippen LogP contribution is 2.22. The third-order valence-corrected chi connectivity index (χ3v) is 2.80. The Bertz CT molecular complexity index is 871. The van der Waals surface area contributed by atoms with E-state index in [0.29, 0.717) is 5.82 Å². The Morgan fingerprint density at radius 3 is 2.80 bits per heavy atom. The Morgan fingerprint density at radius 1 is 1.35 bits per heavy atom. The van der Waals surface area contributed by atoms with Crippen molar-refractivity contribution in [2.75, 3.05) is 11.1 Å². The fraction of sp³-hybridized carbons (Fsp3) is 0. The Hall–Kier alpha value is -3.27. The average molecular weight is 266 g/mol. The molecule has 0 saturated heterocycles. The standard InChI is InChI=1S/C13H10N6O/c14-7-9-12(16-8-4-2-1-3-5-8)18-19-10(15)6-11(20)17-13(9)19/h1-6H,15H2,(H,16,18)(H,17,20). The summed E-state index contributed by atoms with van der Waals surface area (Å²) in [6, 6.07) is 12.5. The van der Waals surface area contributed by atoms with Crippen molar-refractivity contribution < 1.29 is 0 Å². The molecule has 2 heterocycles. The predicted molar refractivity (Wildman–Crippen MR) is 74.7 cm³/mol. The Labute approximate surface area is 113 Å². The van der Waals surface area contributed by atoms with Crippen molar-refractivity contribution in [1.29, 1.82) is 5.26 Å².